The molecule has 126 valence electrons. The Morgan fingerprint density at radius 3 is 2.61 bits per heavy atom. The number of anilines is 2. The number of hydrogen-bond donors (Lipinski definition) is 2. The molecule has 0 bridgehead atoms. The minimum atomic E-state index is -0.612. The highest BCUT2D eigenvalue weighted by Gasteiger charge is 2.27. The molecule has 2 aromatic heterocycles. The first-order chi connectivity index (χ1) is 11.0. The highest BCUT2D eigenvalue weighted by Crippen LogP contribution is 2.24. The summed E-state index contributed by atoms with van der Waals surface area (Å²) in [5.74, 6) is 0.816. The maximum absolute atomic E-state index is 8.99. The lowest BCUT2D eigenvalue weighted by molar-refractivity contribution is 0.304. The van der Waals surface area contributed by atoms with Crippen LogP contribution in [0.1, 0.15) is 11.4 Å². The summed E-state index contributed by atoms with van der Waals surface area (Å²) in [7, 11) is 5.49. The van der Waals surface area contributed by atoms with E-state index in [0.29, 0.717) is 6.54 Å². The molecule has 2 heterocycles. The van der Waals surface area contributed by atoms with Gasteiger partial charge in [0.1, 0.15) is 11.5 Å². The number of pyridine rings is 1. The Labute approximate surface area is 140 Å². The smallest absolute Gasteiger partial charge is 0.307 e. The third-order valence-electron chi connectivity index (χ3n) is 3.63. The number of rotatable bonds is 7. The summed E-state index contributed by atoms with van der Waals surface area (Å²) in [5, 5.41) is 13.4. The maximum atomic E-state index is 8.99. The second-order valence-corrected chi connectivity index (χ2v) is 6.75. The van der Waals surface area contributed by atoms with Crippen molar-refractivity contribution in [1.82, 2.24) is 14.8 Å². The first-order valence-corrected chi connectivity index (χ1v) is 8.46. The zero-order valence-electron chi connectivity index (χ0n) is 14.2. The van der Waals surface area contributed by atoms with E-state index in [-0.39, 0.29) is 6.61 Å². The van der Waals surface area contributed by atoms with Crippen LogP contribution in [0.15, 0.2) is 23.2 Å². The van der Waals surface area contributed by atoms with Crippen LogP contribution >= 0.6 is 0 Å². The van der Waals surface area contributed by atoms with Gasteiger partial charge in [-0.25, -0.2) is 4.98 Å². The van der Waals surface area contributed by atoms with Gasteiger partial charge in [-0.2, -0.15) is 9.82 Å². The molecule has 0 amide bonds. The molecule has 7 nitrogen and oxygen atoms in total. The second-order valence-electron chi connectivity index (χ2n) is 5.20. The molecule has 0 fully saturated rings. The average Bonchev–Trinajstić information content (AvgIpc) is 2.78. The van der Waals surface area contributed by atoms with Crippen LogP contribution in [-0.2, 0) is 22.6 Å². The Kier molecular flexibility index (Phi) is 5.86. The predicted molar refractivity (Wildman–Crippen MR) is 93.5 cm³/mol. The fourth-order valence-corrected chi connectivity index (χ4v) is 3.40. The van der Waals surface area contributed by atoms with Crippen molar-refractivity contribution in [3.05, 3.63) is 29.7 Å². The van der Waals surface area contributed by atoms with Crippen molar-refractivity contribution in [2.45, 2.75) is 18.7 Å². The summed E-state index contributed by atoms with van der Waals surface area (Å²) in [6.07, 6.45) is 1.80. The van der Waals surface area contributed by atoms with Crippen LogP contribution in [0.3, 0.4) is 0 Å². The summed E-state index contributed by atoms with van der Waals surface area (Å²) in [6.45, 7) is 4.64. The van der Waals surface area contributed by atoms with Gasteiger partial charge in [-0.05, 0) is 19.9 Å². The molecule has 1 atom stereocenters. The maximum Gasteiger partial charge on any atom is 0.307 e. The Hall–Kier alpha value is -1.77. The van der Waals surface area contributed by atoms with Crippen LogP contribution in [0, 0.1) is 13.8 Å². The van der Waals surface area contributed by atoms with Crippen molar-refractivity contribution < 1.29 is 9.29 Å². The summed E-state index contributed by atoms with van der Waals surface area (Å²) in [4.78, 5) is 7.29. The molecule has 0 aliphatic carbocycles. The van der Waals surface area contributed by atoms with E-state index < -0.39 is 11.4 Å². The molecule has 2 aromatic rings. The van der Waals surface area contributed by atoms with Crippen LogP contribution in [-0.4, -0.2) is 47.2 Å². The van der Waals surface area contributed by atoms with Gasteiger partial charge < -0.3 is 10.0 Å². The molecule has 0 radical (unpaired) electrons. The van der Waals surface area contributed by atoms with Crippen molar-refractivity contribution >= 4 is 22.9 Å². The molecule has 0 saturated carbocycles. The number of aromatic nitrogens is 3. The number of hydrogen-bond acceptors (Lipinski definition) is 6. The molecule has 0 spiro atoms. The van der Waals surface area contributed by atoms with Gasteiger partial charge in [0.2, 0.25) is 4.90 Å². The zero-order chi connectivity index (χ0) is 17.0. The van der Waals surface area contributed by atoms with Gasteiger partial charge in [-0.3, -0.25) is 4.68 Å². The van der Waals surface area contributed by atoms with Gasteiger partial charge >= 0.3 is 11.4 Å². The van der Waals surface area contributed by atoms with E-state index >= 15 is 0 Å². The summed E-state index contributed by atoms with van der Waals surface area (Å²) < 4.78 is 10.8. The van der Waals surface area contributed by atoms with E-state index in [4.69, 9.17) is 9.29 Å². The summed E-state index contributed by atoms with van der Waals surface area (Å²) in [6, 6.07) is 3.91. The predicted octanol–water partition coefficient (Wildman–Crippen LogP) is 1.43. The van der Waals surface area contributed by atoms with Crippen LogP contribution in [0.2, 0.25) is 0 Å². The van der Waals surface area contributed by atoms with Gasteiger partial charge in [0.25, 0.3) is 0 Å². The molecule has 23 heavy (non-hydrogen) atoms. The average molecular weight is 338 g/mol. The molecule has 2 N–H and O–H groups in total. The van der Waals surface area contributed by atoms with Crippen LogP contribution in [0.4, 0.5) is 11.5 Å². The first kappa shape index (κ1) is 17.6. The summed E-state index contributed by atoms with van der Waals surface area (Å²) >= 11 is -0.612. The van der Waals surface area contributed by atoms with E-state index in [1.54, 1.807) is 13.3 Å². The lowest BCUT2D eigenvalue weighted by Crippen LogP contribution is -2.22. The van der Waals surface area contributed by atoms with Gasteiger partial charge in [0.05, 0.1) is 31.3 Å². The Morgan fingerprint density at radius 1 is 1.39 bits per heavy atom. The number of nitrogens with one attached hydrogen (secondary N) is 1. The number of aliphatic hydroxyl groups excluding tert-OH is 1. The second kappa shape index (κ2) is 7.67. The van der Waals surface area contributed by atoms with Crippen molar-refractivity contribution in [2.75, 3.05) is 36.9 Å². The molecule has 0 aliphatic heterocycles. The van der Waals surface area contributed by atoms with E-state index in [9.17, 15) is 0 Å². The van der Waals surface area contributed by atoms with Gasteiger partial charge in [0.15, 0.2) is 0 Å². The zero-order valence-corrected chi connectivity index (χ0v) is 15.0. The number of aliphatic hydroxyl groups is 1. The van der Waals surface area contributed by atoms with E-state index in [0.717, 1.165) is 27.8 Å². The van der Waals surface area contributed by atoms with Crippen molar-refractivity contribution in [2.24, 2.45) is 7.05 Å². The Morgan fingerprint density at radius 2 is 2.13 bits per heavy atom. The molecule has 1 unspecified atom stereocenters. The lowest BCUT2D eigenvalue weighted by Gasteiger charge is -2.16. The number of aryl methyl sites for hydroxylation is 2. The summed E-state index contributed by atoms with van der Waals surface area (Å²) in [5.41, 5.74) is 2.98. The number of likely N-dealkylation sites (N-methyl/N-ethyl adjacent to an activating group) is 1. The van der Waals surface area contributed by atoms with Crippen molar-refractivity contribution in [3.63, 3.8) is 0 Å². The topological polar surface area (TPSA) is 75.4 Å². The molecular formula is C15H24N5O2S+. The monoisotopic (exact) mass is 338 g/mol. The first-order valence-electron chi connectivity index (χ1n) is 7.31. The molecule has 0 saturated heterocycles. The normalized spacial score (nSPS) is 12.3. The number of nitrogens with zero attached hydrogens (tertiary/aromatic N) is 4. The minimum Gasteiger partial charge on any atom is -0.395 e. The van der Waals surface area contributed by atoms with Crippen molar-refractivity contribution in [3.8, 4) is 0 Å². The molecule has 2 rings (SSSR count). The molecule has 0 aliphatic rings. The highest BCUT2D eigenvalue weighted by molar-refractivity contribution is 7.93. The fourth-order valence-electron chi connectivity index (χ4n) is 2.18. The minimum absolute atomic E-state index is 0.101. The third-order valence-corrected chi connectivity index (χ3v) is 5.02. The molecule has 8 heteroatoms. The van der Waals surface area contributed by atoms with Crippen LogP contribution in [0.5, 0.6) is 0 Å². The van der Waals surface area contributed by atoms with Gasteiger partial charge in [-0.15, -0.1) is 4.18 Å². The molecular weight excluding hydrogens is 314 g/mol. The van der Waals surface area contributed by atoms with Crippen LogP contribution < -0.4 is 9.62 Å². The van der Waals surface area contributed by atoms with E-state index in [2.05, 4.69) is 14.8 Å². The van der Waals surface area contributed by atoms with Gasteiger partial charge in [-0.1, -0.05) is 0 Å². The van der Waals surface area contributed by atoms with E-state index in [1.807, 2.05) is 49.7 Å². The fraction of sp³-hybridized carbons (Fsp3) is 0.467. The van der Waals surface area contributed by atoms with Crippen molar-refractivity contribution in [1.29, 1.82) is 0 Å². The SMILES string of the molecule is CO[S+](Nc1c(C)nn(C)c1C)c1ccc(N(C)CCO)nc1. The third kappa shape index (κ3) is 3.95. The highest BCUT2D eigenvalue weighted by atomic mass is 32.2. The Balaban J connectivity index is 2.17. The largest absolute Gasteiger partial charge is 0.395 e. The quantitative estimate of drug-likeness (QED) is 0.744. The standard InChI is InChI=1S/C15H24N5O2S/c1-11-15(12(2)20(4)17-11)18-23(22-5)13-6-7-14(16-10-13)19(3)8-9-21/h6-7,10,18,21H,8-9H2,1-5H3/q+1. The lowest BCUT2D eigenvalue weighted by atomic mass is 10.3. The molecule has 0 aromatic carbocycles. The van der Waals surface area contributed by atoms with Gasteiger partial charge in [0, 0.05) is 26.7 Å². The van der Waals surface area contributed by atoms with E-state index in [1.165, 1.54) is 0 Å². The van der Waals surface area contributed by atoms with Crippen LogP contribution in [0.25, 0.3) is 0 Å². The Bertz CT molecular complexity index is 644.